The maximum absolute atomic E-state index is 12.0. The molecule has 1 aliphatic rings. The maximum atomic E-state index is 12.0. The van der Waals surface area contributed by atoms with E-state index in [1.54, 1.807) is 24.3 Å². The summed E-state index contributed by atoms with van der Waals surface area (Å²) < 4.78 is 0. The molecule has 10 heteroatoms. The number of thioether (sulfide) groups is 1. The molecule has 1 saturated heterocycles. The van der Waals surface area contributed by atoms with Crippen molar-refractivity contribution in [2.45, 2.75) is 0 Å². The molecule has 1 fully saturated rings. The molecule has 2 aromatic carbocycles. The summed E-state index contributed by atoms with van der Waals surface area (Å²) in [4.78, 5) is 22.8. The van der Waals surface area contributed by atoms with Gasteiger partial charge in [-0.3, -0.25) is 20.2 Å². The van der Waals surface area contributed by atoms with Crippen LogP contribution in [0.25, 0.3) is 6.08 Å². The highest BCUT2D eigenvalue weighted by molar-refractivity contribution is 8.18. The molecule has 1 N–H and O–H groups in total. The van der Waals surface area contributed by atoms with Gasteiger partial charge < -0.3 is 0 Å². The van der Waals surface area contributed by atoms with E-state index in [0.29, 0.717) is 21.1 Å². The number of benzene rings is 2. The molecule has 0 radical (unpaired) electrons. The largest absolute Gasteiger partial charge is 0.299 e. The van der Waals surface area contributed by atoms with Gasteiger partial charge in [0.1, 0.15) is 5.02 Å². The van der Waals surface area contributed by atoms with E-state index in [2.05, 4.69) is 15.5 Å². The van der Waals surface area contributed by atoms with Crippen molar-refractivity contribution in [1.82, 2.24) is 5.32 Å². The van der Waals surface area contributed by atoms with Crippen molar-refractivity contribution in [3.05, 3.63) is 78.7 Å². The Balaban J connectivity index is 1.77. The van der Waals surface area contributed by atoms with E-state index in [9.17, 15) is 14.9 Å². The van der Waals surface area contributed by atoms with Crippen LogP contribution in [0.5, 0.6) is 0 Å². The highest BCUT2D eigenvalue weighted by Gasteiger charge is 2.24. The van der Waals surface area contributed by atoms with Crippen molar-refractivity contribution in [2.75, 3.05) is 0 Å². The number of halogens is 2. The Labute approximate surface area is 167 Å². The highest BCUT2D eigenvalue weighted by Crippen LogP contribution is 2.30. The van der Waals surface area contributed by atoms with Gasteiger partial charge in [-0.15, -0.1) is 5.10 Å². The monoisotopic (exact) mass is 420 g/mol. The lowest BCUT2D eigenvalue weighted by molar-refractivity contribution is -0.384. The van der Waals surface area contributed by atoms with Crippen LogP contribution in [0, 0.1) is 10.1 Å². The number of nitrogens with one attached hydrogen (secondary N) is 1. The van der Waals surface area contributed by atoms with Crippen molar-refractivity contribution in [1.29, 1.82) is 0 Å². The number of nitro benzene ring substituents is 1. The van der Waals surface area contributed by atoms with Crippen LogP contribution in [0.2, 0.25) is 10.0 Å². The molecule has 0 bridgehead atoms. The van der Waals surface area contributed by atoms with Crippen LogP contribution in [-0.4, -0.2) is 22.2 Å². The zero-order chi connectivity index (χ0) is 19.4. The van der Waals surface area contributed by atoms with Gasteiger partial charge in [0.15, 0.2) is 5.17 Å². The minimum atomic E-state index is -0.581. The Kier molecular flexibility index (Phi) is 5.90. The van der Waals surface area contributed by atoms with E-state index in [1.165, 1.54) is 24.4 Å². The molecule has 2 aromatic rings. The molecule has 0 saturated carbocycles. The number of hydrogen-bond donors (Lipinski definition) is 1. The molecular weight excluding hydrogens is 411 g/mol. The Hall–Kier alpha value is -2.68. The lowest BCUT2D eigenvalue weighted by Gasteiger charge is -1.98. The quantitative estimate of drug-likeness (QED) is 0.340. The smallest absolute Gasteiger partial charge is 0.288 e. The van der Waals surface area contributed by atoms with Crippen LogP contribution in [0.1, 0.15) is 11.1 Å². The van der Waals surface area contributed by atoms with Crippen molar-refractivity contribution < 1.29 is 9.72 Å². The Morgan fingerprint density at radius 1 is 1.15 bits per heavy atom. The van der Waals surface area contributed by atoms with Crippen LogP contribution in [-0.2, 0) is 4.79 Å². The van der Waals surface area contributed by atoms with E-state index < -0.39 is 4.92 Å². The summed E-state index contributed by atoms with van der Waals surface area (Å²) in [6.45, 7) is 0. The Morgan fingerprint density at radius 3 is 2.67 bits per heavy atom. The molecule has 1 heterocycles. The summed E-state index contributed by atoms with van der Waals surface area (Å²) >= 11 is 12.9. The number of nitrogens with zero attached hydrogens (tertiary/aromatic N) is 3. The van der Waals surface area contributed by atoms with E-state index in [1.807, 2.05) is 6.07 Å². The first kappa shape index (κ1) is 19.1. The third kappa shape index (κ3) is 4.73. The normalized spacial score (nSPS) is 17.0. The van der Waals surface area contributed by atoms with Crippen LogP contribution >= 0.6 is 35.0 Å². The molecule has 136 valence electrons. The second kappa shape index (κ2) is 8.34. The number of amides is 1. The second-order valence-corrected chi connectivity index (χ2v) is 7.05. The molecule has 0 spiro atoms. The van der Waals surface area contributed by atoms with Crippen LogP contribution in [0.3, 0.4) is 0 Å². The minimum Gasteiger partial charge on any atom is -0.299 e. The first-order chi connectivity index (χ1) is 12.9. The Morgan fingerprint density at radius 2 is 1.93 bits per heavy atom. The van der Waals surface area contributed by atoms with E-state index in [-0.39, 0.29) is 21.8 Å². The Bertz CT molecular complexity index is 1020. The predicted molar refractivity (Wildman–Crippen MR) is 108 cm³/mol. The zero-order valence-corrected chi connectivity index (χ0v) is 15.8. The summed E-state index contributed by atoms with van der Waals surface area (Å²) in [5.74, 6) is -0.371. The number of amidine groups is 1. The predicted octanol–water partition coefficient (Wildman–Crippen LogP) is 4.50. The lowest BCUT2D eigenvalue weighted by atomic mass is 10.2. The molecule has 7 nitrogen and oxygen atoms in total. The molecule has 0 unspecified atom stereocenters. The standard InChI is InChI=1S/C17H10Cl2N4O3S/c18-12-4-2-1-3-11(12)9-20-22-17-21-16(24)15(27-17)8-10-5-6-13(19)14(7-10)23(25)26/h1-9H,(H,21,22,24)/b15-8+,20-9-. The zero-order valence-electron chi connectivity index (χ0n) is 13.4. The number of nitro groups is 1. The molecule has 1 aliphatic heterocycles. The molecule has 27 heavy (non-hydrogen) atoms. The summed E-state index contributed by atoms with van der Waals surface area (Å²) in [6.07, 6.45) is 3.00. The third-order valence-electron chi connectivity index (χ3n) is 3.37. The van der Waals surface area contributed by atoms with Crippen molar-refractivity contribution in [3.8, 4) is 0 Å². The van der Waals surface area contributed by atoms with Gasteiger partial charge in [-0.2, -0.15) is 5.10 Å². The van der Waals surface area contributed by atoms with Gasteiger partial charge in [-0.25, -0.2) is 0 Å². The molecule has 1 amide bonds. The van der Waals surface area contributed by atoms with Gasteiger partial charge in [-0.1, -0.05) is 47.5 Å². The summed E-state index contributed by atoms with van der Waals surface area (Å²) in [5.41, 5.74) is 0.944. The molecule has 0 aromatic heterocycles. The number of rotatable bonds is 4. The average Bonchev–Trinajstić information content (AvgIpc) is 2.97. The molecule has 0 atom stereocenters. The van der Waals surface area contributed by atoms with Gasteiger partial charge in [-0.05, 0) is 35.5 Å². The first-order valence-electron chi connectivity index (χ1n) is 7.44. The van der Waals surface area contributed by atoms with Gasteiger partial charge >= 0.3 is 0 Å². The fraction of sp³-hybridized carbons (Fsp3) is 0. The molecule has 3 rings (SSSR count). The van der Waals surface area contributed by atoms with Crippen molar-refractivity contribution >= 4 is 64.0 Å². The van der Waals surface area contributed by atoms with E-state index in [0.717, 1.165) is 11.8 Å². The van der Waals surface area contributed by atoms with Crippen LogP contribution in [0.15, 0.2) is 57.6 Å². The van der Waals surface area contributed by atoms with Gasteiger partial charge in [0, 0.05) is 16.7 Å². The topological polar surface area (TPSA) is 97.0 Å². The molecular formula is C17H10Cl2N4O3S. The summed E-state index contributed by atoms with van der Waals surface area (Å²) in [5, 5.41) is 22.3. The highest BCUT2D eigenvalue weighted by atomic mass is 35.5. The second-order valence-electron chi connectivity index (χ2n) is 5.20. The van der Waals surface area contributed by atoms with E-state index >= 15 is 0 Å². The first-order valence-corrected chi connectivity index (χ1v) is 9.01. The van der Waals surface area contributed by atoms with Gasteiger partial charge in [0.05, 0.1) is 16.0 Å². The minimum absolute atomic E-state index is 0.0295. The third-order valence-corrected chi connectivity index (χ3v) is 4.93. The average molecular weight is 421 g/mol. The van der Waals surface area contributed by atoms with Gasteiger partial charge in [0.2, 0.25) is 0 Å². The van der Waals surface area contributed by atoms with Crippen molar-refractivity contribution in [3.63, 3.8) is 0 Å². The maximum Gasteiger partial charge on any atom is 0.288 e. The fourth-order valence-electron chi connectivity index (χ4n) is 2.11. The number of hydrogen-bond acceptors (Lipinski definition) is 6. The van der Waals surface area contributed by atoms with Crippen LogP contribution < -0.4 is 5.32 Å². The number of carbonyl (C=O) groups excluding carboxylic acids is 1. The molecule has 0 aliphatic carbocycles. The van der Waals surface area contributed by atoms with Crippen molar-refractivity contribution in [2.24, 2.45) is 10.2 Å². The van der Waals surface area contributed by atoms with Gasteiger partial charge in [0.25, 0.3) is 11.6 Å². The summed E-state index contributed by atoms with van der Waals surface area (Å²) in [7, 11) is 0. The number of carbonyl (C=O) groups is 1. The summed E-state index contributed by atoms with van der Waals surface area (Å²) in [6, 6.07) is 11.4. The SMILES string of the molecule is O=C1N/C(=N\N=C/c2ccccc2Cl)S/C1=C/c1ccc(Cl)c([N+](=O)[O-])c1. The van der Waals surface area contributed by atoms with E-state index in [4.69, 9.17) is 23.2 Å². The lowest BCUT2D eigenvalue weighted by Crippen LogP contribution is -2.19. The fourth-order valence-corrected chi connectivity index (χ4v) is 3.26. The van der Waals surface area contributed by atoms with Crippen LogP contribution in [0.4, 0.5) is 5.69 Å².